The van der Waals surface area contributed by atoms with Crippen LogP contribution in [0.25, 0.3) is 22.2 Å². The van der Waals surface area contributed by atoms with E-state index in [4.69, 9.17) is 11.5 Å². The van der Waals surface area contributed by atoms with E-state index in [1.165, 1.54) is 0 Å². The molecule has 4 aromatic heterocycles. The molecule has 0 unspecified atom stereocenters. The number of anilines is 3. The molecule has 0 spiro atoms. The van der Waals surface area contributed by atoms with Crippen molar-refractivity contribution in [2.24, 2.45) is 5.73 Å². The van der Waals surface area contributed by atoms with Gasteiger partial charge < -0.3 is 16.8 Å². The summed E-state index contributed by atoms with van der Waals surface area (Å²) in [6.07, 6.45) is 9.55. The fraction of sp³-hybridized carbons (Fsp3) is 0.318. The standard InChI is InChI=1S/C22H25N9/c1-2-31-18(13-27-30-31)17-9-14-10-19(26-12-16(14)21(23)28-17)29-20-11-15(5-8-25-20)22(24)6-3-4-7-22/h5,8-13H,2-4,6-7,24H2,1H3,(H2,23,28)(H,25,26,29). The molecule has 4 heterocycles. The van der Waals surface area contributed by atoms with Crippen molar-refractivity contribution in [3.63, 3.8) is 0 Å². The topological polar surface area (TPSA) is 133 Å². The lowest BCUT2D eigenvalue weighted by Crippen LogP contribution is -2.33. The molecule has 0 bridgehead atoms. The Balaban J connectivity index is 1.49. The van der Waals surface area contributed by atoms with Gasteiger partial charge in [0.25, 0.3) is 0 Å². The number of hydrogen-bond donors (Lipinski definition) is 3. The minimum atomic E-state index is -0.262. The summed E-state index contributed by atoms with van der Waals surface area (Å²) in [4.78, 5) is 13.5. The summed E-state index contributed by atoms with van der Waals surface area (Å²) in [7, 11) is 0. The highest BCUT2D eigenvalue weighted by atomic mass is 15.4. The van der Waals surface area contributed by atoms with Gasteiger partial charge in [0.05, 0.1) is 11.9 Å². The minimum Gasteiger partial charge on any atom is -0.383 e. The molecule has 5 rings (SSSR count). The van der Waals surface area contributed by atoms with Crippen LogP contribution in [-0.4, -0.2) is 29.9 Å². The zero-order valence-electron chi connectivity index (χ0n) is 17.4. The van der Waals surface area contributed by atoms with Gasteiger partial charge in [-0.25, -0.2) is 19.6 Å². The average Bonchev–Trinajstić information content (AvgIpc) is 3.43. The average molecular weight is 416 g/mol. The van der Waals surface area contributed by atoms with Gasteiger partial charge in [0.1, 0.15) is 23.1 Å². The second kappa shape index (κ2) is 7.59. The Morgan fingerprint density at radius 1 is 1.10 bits per heavy atom. The van der Waals surface area contributed by atoms with Crippen molar-refractivity contribution in [1.82, 2.24) is 29.9 Å². The molecule has 0 amide bonds. The van der Waals surface area contributed by atoms with Crippen LogP contribution in [-0.2, 0) is 12.1 Å². The number of nitrogen functional groups attached to an aromatic ring is 1. The predicted octanol–water partition coefficient (Wildman–Crippen LogP) is 3.36. The maximum atomic E-state index is 6.62. The number of aryl methyl sites for hydroxylation is 1. The molecule has 1 saturated carbocycles. The van der Waals surface area contributed by atoms with E-state index >= 15 is 0 Å². The molecule has 0 radical (unpaired) electrons. The van der Waals surface area contributed by atoms with Gasteiger partial charge in [-0.3, -0.25) is 0 Å². The van der Waals surface area contributed by atoms with Crippen LogP contribution < -0.4 is 16.8 Å². The highest BCUT2D eigenvalue weighted by molar-refractivity contribution is 5.94. The quantitative estimate of drug-likeness (QED) is 0.452. The number of nitrogens with one attached hydrogen (secondary N) is 1. The Bertz CT molecular complexity index is 1240. The molecule has 0 saturated heterocycles. The molecule has 0 aromatic carbocycles. The number of nitrogens with zero attached hydrogens (tertiary/aromatic N) is 6. The summed E-state index contributed by atoms with van der Waals surface area (Å²) in [5.41, 5.74) is 15.2. The number of aromatic nitrogens is 6. The van der Waals surface area contributed by atoms with E-state index in [0.717, 1.165) is 59.2 Å². The van der Waals surface area contributed by atoms with Crippen molar-refractivity contribution in [3.8, 4) is 11.4 Å². The van der Waals surface area contributed by atoms with E-state index in [2.05, 4.69) is 30.6 Å². The summed E-state index contributed by atoms with van der Waals surface area (Å²) in [6.45, 7) is 2.70. The predicted molar refractivity (Wildman–Crippen MR) is 120 cm³/mol. The van der Waals surface area contributed by atoms with Crippen molar-refractivity contribution in [2.75, 3.05) is 11.1 Å². The zero-order chi connectivity index (χ0) is 21.4. The van der Waals surface area contributed by atoms with Crippen LogP contribution >= 0.6 is 0 Å². The van der Waals surface area contributed by atoms with Gasteiger partial charge in [-0.2, -0.15) is 0 Å². The molecule has 9 nitrogen and oxygen atoms in total. The number of hydrogen-bond acceptors (Lipinski definition) is 8. The van der Waals surface area contributed by atoms with Crippen LogP contribution in [0.5, 0.6) is 0 Å². The first-order chi connectivity index (χ1) is 15.1. The van der Waals surface area contributed by atoms with Crippen molar-refractivity contribution in [2.45, 2.75) is 44.7 Å². The van der Waals surface area contributed by atoms with E-state index in [9.17, 15) is 0 Å². The highest BCUT2D eigenvalue weighted by Crippen LogP contribution is 2.37. The summed E-state index contributed by atoms with van der Waals surface area (Å²) < 4.78 is 1.79. The van der Waals surface area contributed by atoms with Gasteiger partial charge in [0.15, 0.2) is 0 Å². The molecule has 1 aliphatic rings. The van der Waals surface area contributed by atoms with Crippen molar-refractivity contribution >= 4 is 28.2 Å². The first-order valence-electron chi connectivity index (χ1n) is 10.5. The summed E-state index contributed by atoms with van der Waals surface area (Å²) in [6, 6.07) is 7.95. The Morgan fingerprint density at radius 3 is 2.71 bits per heavy atom. The maximum absolute atomic E-state index is 6.62. The largest absolute Gasteiger partial charge is 0.383 e. The van der Waals surface area contributed by atoms with Crippen LogP contribution in [0.1, 0.15) is 38.2 Å². The molecule has 9 heteroatoms. The summed E-state index contributed by atoms with van der Waals surface area (Å²) in [5, 5.41) is 13.1. The molecule has 158 valence electrons. The Kier molecular flexibility index (Phi) is 4.74. The normalized spacial score (nSPS) is 15.4. The van der Waals surface area contributed by atoms with Crippen LogP contribution in [0, 0.1) is 0 Å². The maximum Gasteiger partial charge on any atom is 0.133 e. The lowest BCUT2D eigenvalue weighted by molar-refractivity contribution is 0.461. The van der Waals surface area contributed by atoms with E-state index in [1.54, 1.807) is 23.3 Å². The number of rotatable bonds is 5. The molecule has 31 heavy (non-hydrogen) atoms. The molecule has 0 aliphatic heterocycles. The molecule has 0 atom stereocenters. The lowest BCUT2D eigenvalue weighted by Gasteiger charge is -2.24. The van der Waals surface area contributed by atoms with E-state index in [1.807, 2.05) is 31.2 Å². The van der Waals surface area contributed by atoms with Crippen LogP contribution in [0.3, 0.4) is 0 Å². The summed E-state index contributed by atoms with van der Waals surface area (Å²) in [5.74, 6) is 1.81. The molecule has 4 aromatic rings. The Morgan fingerprint density at radius 2 is 1.90 bits per heavy atom. The first kappa shape index (κ1) is 19.4. The zero-order valence-corrected chi connectivity index (χ0v) is 17.4. The van der Waals surface area contributed by atoms with Gasteiger partial charge in [-0.15, -0.1) is 5.10 Å². The second-order valence-corrected chi connectivity index (χ2v) is 8.04. The molecule has 1 fully saturated rings. The molecule has 5 N–H and O–H groups in total. The molecular formula is C22H25N9. The number of nitrogens with two attached hydrogens (primary N) is 2. The lowest BCUT2D eigenvalue weighted by atomic mass is 9.90. The number of pyridine rings is 3. The van der Waals surface area contributed by atoms with Gasteiger partial charge >= 0.3 is 0 Å². The first-order valence-corrected chi connectivity index (χ1v) is 10.5. The number of fused-ring (bicyclic) bond motifs is 1. The van der Waals surface area contributed by atoms with Gasteiger partial charge in [-0.1, -0.05) is 18.1 Å². The Hall–Kier alpha value is -3.59. The van der Waals surface area contributed by atoms with E-state index < -0.39 is 0 Å². The van der Waals surface area contributed by atoms with Gasteiger partial charge in [0, 0.05) is 29.9 Å². The molecular weight excluding hydrogens is 390 g/mol. The monoisotopic (exact) mass is 415 g/mol. The summed E-state index contributed by atoms with van der Waals surface area (Å²) >= 11 is 0. The second-order valence-electron chi connectivity index (χ2n) is 8.04. The van der Waals surface area contributed by atoms with E-state index in [0.29, 0.717) is 18.2 Å². The van der Waals surface area contributed by atoms with Gasteiger partial charge in [-0.05, 0) is 55.0 Å². The minimum absolute atomic E-state index is 0.262. The fourth-order valence-electron chi connectivity index (χ4n) is 4.30. The fourth-order valence-corrected chi connectivity index (χ4v) is 4.30. The van der Waals surface area contributed by atoms with Crippen LogP contribution in [0.4, 0.5) is 17.5 Å². The third-order valence-corrected chi connectivity index (χ3v) is 6.01. The smallest absolute Gasteiger partial charge is 0.133 e. The Labute approximate surface area is 179 Å². The van der Waals surface area contributed by atoms with Crippen LogP contribution in [0.15, 0.2) is 42.9 Å². The van der Waals surface area contributed by atoms with Crippen molar-refractivity contribution < 1.29 is 0 Å². The SMILES string of the molecule is CCn1nncc1-c1cc2cc(Nc3cc(C4(N)CCCC4)ccn3)ncc2c(N)n1. The van der Waals surface area contributed by atoms with Crippen LogP contribution in [0.2, 0.25) is 0 Å². The van der Waals surface area contributed by atoms with Crippen molar-refractivity contribution in [1.29, 1.82) is 0 Å². The van der Waals surface area contributed by atoms with E-state index in [-0.39, 0.29) is 5.54 Å². The molecule has 1 aliphatic carbocycles. The van der Waals surface area contributed by atoms with Crippen molar-refractivity contribution in [3.05, 3.63) is 48.4 Å². The third-order valence-electron chi connectivity index (χ3n) is 6.01. The van der Waals surface area contributed by atoms with Gasteiger partial charge in [0.2, 0.25) is 0 Å². The third kappa shape index (κ3) is 3.57. The highest BCUT2D eigenvalue weighted by Gasteiger charge is 2.31.